The van der Waals surface area contributed by atoms with Crippen molar-refractivity contribution < 1.29 is 22.7 Å². The summed E-state index contributed by atoms with van der Waals surface area (Å²) in [5.74, 6) is -1.02. The summed E-state index contributed by atoms with van der Waals surface area (Å²) in [4.78, 5) is 24.4. The summed E-state index contributed by atoms with van der Waals surface area (Å²) in [7, 11) is -3.93. The Morgan fingerprint density at radius 1 is 1.03 bits per heavy atom. The minimum Gasteiger partial charge on any atom is -0.463 e. The summed E-state index contributed by atoms with van der Waals surface area (Å²) < 4.78 is 29.7. The molecule has 30 heavy (non-hydrogen) atoms. The maximum absolute atomic E-state index is 12.8. The fourth-order valence-corrected chi connectivity index (χ4v) is 4.25. The largest absolute Gasteiger partial charge is 0.463 e. The molecule has 0 atom stereocenters. The van der Waals surface area contributed by atoms with E-state index in [0.717, 1.165) is 15.6 Å². The zero-order chi connectivity index (χ0) is 22.4. The summed E-state index contributed by atoms with van der Waals surface area (Å²) in [5.41, 5.74) is 2.23. The lowest BCUT2D eigenvalue weighted by Gasteiger charge is -2.23. The molecule has 0 radical (unpaired) electrons. The van der Waals surface area contributed by atoms with Crippen LogP contribution in [0, 0.1) is 6.92 Å². The van der Waals surface area contributed by atoms with Crippen molar-refractivity contribution in [1.29, 1.82) is 0 Å². The Morgan fingerprint density at radius 3 is 2.23 bits per heavy atom. The normalized spacial score (nSPS) is 11.7. The average Bonchev–Trinajstić information content (AvgIpc) is 2.70. The Labute approximate surface area is 186 Å². The summed E-state index contributed by atoms with van der Waals surface area (Å²) in [5, 5.41) is 2.68. The monoisotopic (exact) mass is 495 g/mol. The van der Waals surface area contributed by atoms with E-state index in [1.807, 2.05) is 31.2 Å². The van der Waals surface area contributed by atoms with Gasteiger partial charge in [-0.3, -0.25) is 9.59 Å². The maximum atomic E-state index is 12.8. The minimum atomic E-state index is -3.93. The molecule has 0 aromatic heterocycles. The van der Waals surface area contributed by atoms with Crippen LogP contribution in [0.1, 0.15) is 31.4 Å². The van der Waals surface area contributed by atoms with E-state index in [0.29, 0.717) is 12.8 Å². The third-order valence-electron chi connectivity index (χ3n) is 4.71. The van der Waals surface area contributed by atoms with Gasteiger partial charge in [0.1, 0.15) is 6.61 Å². The second kappa shape index (κ2) is 10.2. The lowest BCUT2D eigenvalue weighted by atomic mass is 10.1. The Kier molecular flexibility index (Phi) is 8.20. The van der Waals surface area contributed by atoms with Crippen LogP contribution in [0.25, 0.3) is 0 Å². The molecule has 162 valence electrons. The quantitative estimate of drug-likeness (QED) is 0.423. The number of rotatable bonds is 9. The number of aryl methyl sites for hydroxylation is 2. The van der Waals surface area contributed by atoms with Gasteiger partial charge in [-0.25, -0.2) is 8.42 Å². The Bertz CT molecular complexity index is 983. The SMILES string of the molecule is Cc1ccc(CCC(=O)NCCOC(=O)C(C)(C)S(=O)(=O)c2ccc(Br)cc2)cc1. The maximum Gasteiger partial charge on any atom is 0.327 e. The molecule has 0 aliphatic heterocycles. The van der Waals surface area contributed by atoms with Gasteiger partial charge in [-0.05, 0) is 57.0 Å². The molecule has 0 heterocycles. The standard InChI is InChI=1S/C22H26BrNO5S/c1-16-4-6-17(7-5-16)8-13-20(25)24-14-15-29-21(26)22(2,3)30(27,28)19-11-9-18(23)10-12-19/h4-7,9-12H,8,13-15H2,1-3H3,(H,24,25). The third-order valence-corrected chi connectivity index (χ3v) is 7.64. The average molecular weight is 496 g/mol. The zero-order valence-corrected chi connectivity index (χ0v) is 19.7. The van der Waals surface area contributed by atoms with Crippen LogP contribution in [0.15, 0.2) is 57.9 Å². The Hall–Kier alpha value is -2.19. The predicted octanol–water partition coefficient (Wildman–Crippen LogP) is 3.60. The molecule has 0 saturated carbocycles. The van der Waals surface area contributed by atoms with E-state index in [1.165, 1.54) is 26.0 Å². The van der Waals surface area contributed by atoms with Gasteiger partial charge >= 0.3 is 5.97 Å². The van der Waals surface area contributed by atoms with Gasteiger partial charge in [0.25, 0.3) is 0 Å². The predicted molar refractivity (Wildman–Crippen MR) is 119 cm³/mol. The van der Waals surface area contributed by atoms with Gasteiger partial charge in [0.2, 0.25) is 5.91 Å². The number of amides is 1. The summed E-state index contributed by atoms with van der Waals surface area (Å²) in [6.45, 7) is 4.64. The van der Waals surface area contributed by atoms with Crippen molar-refractivity contribution in [3.8, 4) is 0 Å². The first kappa shape index (κ1) is 24.1. The van der Waals surface area contributed by atoms with Crippen LogP contribution in [0.4, 0.5) is 0 Å². The minimum absolute atomic E-state index is 0.0389. The molecule has 0 bridgehead atoms. The molecule has 2 rings (SSSR count). The molecule has 2 aromatic carbocycles. The van der Waals surface area contributed by atoms with Crippen molar-refractivity contribution in [2.45, 2.75) is 43.3 Å². The third kappa shape index (κ3) is 6.15. The van der Waals surface area contributed by atoms with E-state index in [1.54, 1.807) is 12.1 Å². The zero-order valence-electron chi connectivity index (χ0n) is 17.3. The first-order valence-corrected chi connectivity index (χ1v) is 11.8. The lowest BCUT2D eigenvalue weighted by Crippen LogP contribution is -2.43. The van der Waals surface area contributed by atoms with E-state index >= 15 is 0 Å². The van der Waals surface area contributed by atoms with Gasteiger partial charge in [0.05, 0.1) is 11.4 Å². The second-order valence-electron chi connectivity index (χ2n) is 7.44. The van der Waals surface area contributed by atoms with Gasteiger partial charge < -0.3 is 10.1 Å². The number of benzene rings is 2. The van der Waals surface area contributed by atoms with Gasteiger partial charge in [-0.15, -0.1) is 0 Å². The first-order chi connectivity index (χ1) is 14.0. The van der Waals surface area contributed by atoms with Crippen LogP contribution in [0.5, 0.6) is 0 Å². The van der Waals surface area contributed by atoms with Crippen molar-refractivity contribution in [2.75, 3.05) is 13.2 Å². The smallest absolute Gasteiger partial charge is 0.327 e. The van der Waals surface area contributed by atoms with Crippen LogP contribution in [-0.4, -0.2) is 38.2 Å². The van der Waals surface area contributed by atoms with Crippen molar-refractivity contribution >= 4 is 37.6 Å². The van der Waals surface area contributed by atoms with E-state index < -0.39 is 20.6 Å². The highest BCUT2D eigenvalue weighted by Crippen LogP contribution is 2.27. The van der Waals surface area contributed by atoms with E-state index in [2.05, 4.69) is 21.2 Å². The highest BCUT2D eigenvalue weighted by Gasteiger charge is 2.44. The number of halogens is 1. The number of carbonyl (C=O) groups excluding carboxylic acids is 2. The van der Waals surface area contributed by atoms with Crippen LogP contribution in [-0.2, 0) is 30.6 Å². The molecule has 0 aliphatic rings. The molecule has 0 saturated heterocycles. The fraction of sp³-hybridized carbons (Fsp3) is 0.364. The van der Waals surface area contributed by atoms with Crippen molar-refractivity contribution in [3.63, 3.8) is 0 Å². The molecule has 8 heteroatoms. The van der Waals surface area contributed by atoms with Crippen LogP contribution in [0.2, 0.25) is 0 Å². The highest BCUT2D eigenvalue weighted by atomic mass is 79.9. The topological polar surface area (TPSA) is 89.5 Å². The van der Waals surface area contributed by atoms with Crippen LogP contribution in [0.3, 0.4) is 0 Å². The fourth-order valence-electron chi connectivity index (χ4n) is 2.63. The molecule has 1 amide bonds. The van der Waals surface area contributed by atoms with E-state index in [-0.39, 0.29) is 24.0 Å². The molecule has 0 spiro atoms. The van der Waals surface area contributed by atoms with E-state index in [9.17, 15) is 18.0 Å². The number of nitrogens with one attached hydrogen (secondary N) is 1. The molecule has 6 nitrogen and oxygen atoms in total. The van der Waals surface area contributed by atoms with Gasteiger partial charge in [0.15, 0.2) is 14.6 Å². The number of sulfone groups is 1. The molecule has 2 aromatic rings. The summed E-state index contributed by atoms with van der Waals surface area (Å²) >= 11 is 3.25. The summed E-state index contributed by atoms with van der Waals surface area (Å²) in [6.07, 6.45) is 0.935. The number of ether oxygens (including phenoxy) is 1. The van der Waals surface area contributed by atoms with Crippen LogP contribution < -0.4 is 5.32 Å². The van der Waals surface area contributed by atoms with Crippen molar-refractivity contribution in [2.24, 2.45) is 0 Å². The molecule has 0 unspecified atom stereocenters. The highest BCUT2D eigenvalue weighted by molar-refractivity contribution is 9.10. The Balaban J connectivity index is 1.80. The van der Waals surface area contributed by atoms with Crippen LogP contribution >= 0.6 is 15.9 Å². The number of hydrogen-bond donors (Lipinski definition) is 1. The number of hydrogen-bond acceptors (Lipinski definition) is 5. The number of esters is 1. The van der Waals surface area contributed by atoms with Crippen molar-refractivity contribution in [1.82, 2.24) is 5.32 Å². The van der Waals surface area contributed by atoms with Gasteiger partial charge in [-0.2, -0.15) is 0 Å². The molecular formula is C22H26BrNO5S. The second-order valence-corrected chi connectivity index (χ2v) is 10.9. The number of carbonyl (C=O) groups is 2. The van der Waals surface area contributed by atoms with Gasteiger partial charge in [0, 0.05) is 10.9 Å². The summed E-state index contributed by atoms with van der Waals surface area (Å²) in [6, 6.07) is 14.0. The lowest BCUT2D eigenvalue weighted by molar-refractivity contribution is -0.146. The van der Waals surface area contributed by atoms with E-state index in [4.69, 9.17) is 4.74 Å². The molecular weight excluding hydrogens is 470 g/mol. The molecule has 1 N–H and O–H groups in total. The van der Waals surface area contributed by atoms with Crippen molar-refractivity contribution in [3.05, 3.63) is 64.1 Å². The molecule has 0 aliphatic carbocycles. The Morgan fingerprint density at radius 2 is 1.63 bits per heavy atom. The first-order valence-electron chi connectivity index (χ1n) is 9.54. The van der Waals surface area contributed by atoms with Gasteiger partial charge in [-0.1, -0.05) is 45.8 Å². The molecule has 0 fully saturated rings.